The normalized spacial score (nSPS) is 12.2. The highest BCUT2D eigenvalue weighted by molar-refractivity contribution is 5.94. The fourth-order valence-electron chi connectivity index (χ4n) is 0.989. The molecule has 1 unspecified atom stereocenters. The Morgan fingerprint density at radius 1 is 1.60 bits per heavy atom. The number of nitrogens with zero attached hydrogens (tertiary/aromatic N) is 2. The lowest BCUT2D eigenvalue weighted by Crippen LogP contribution is -2.40. The first kappa shape index (κ1) is 11.2. The standard InChI is InChI=1S/C9H12N2O4/c1-5-4-7(10-15-5)8(12)11(3)6(2)9(13)14/h4,6H,1-3H3,(H,13,14). The molecule has 0 aromatic carbocycles. The molecule has 0 spiro atoms. The average Bonchev–Trinajstić information content (AvgIpc) is 2.61. The third kappa shape index (κ3) is 2.34. The third-order valence-electron chi connectivity index (χ3n) is 2.11. The van der Waals surface area contributed by atoms with E-state index in [-0.39, 0.29) is 5.69 Å². The topological polar surface area (TPSA) is 83.6 Å². The zero-order chi connectivity index (χ0) is 11.6. The van der Waals surface area contributed by atoms with E-state index >= 15 is 0 Å². The Morgan fingerprint density at radius 2 is 2.20 bits per heavy atom. The van der Waals surface area contributed by atoms with Crippen molar-refractivity contribution in [2.24, 2.45) is 0 Å². The van der Waals surface area contributed by atoms with Gasteiger partial charge in [-0.05, 0) is 13.8 Å². The molecular formula is C9H12N2O4. The van der Waals surface area contributed by atoms with Gasteiger partial charge in [-0.2, -0.15) is 0 Å². The molecule has 1 N–H and O–H groups in total. The van der Waals surface area contributed by atoms with Crippen LogP contribution in [-0.2, 0) is 4.79 Å². The Kier molecular flexibility index (Phi) is 3.08. The number of aliphatic carboxylic acids is 1. The van der Waals surface area contributed by atoms with Gasteiger partial charge in [-0.15, -0.1) is 0 Å². The van der Waals surface area contributed by atoms with Gasteiger partial charge in [-0.3, -0.25) is 4.79 Å². The molecular weight excluding hydrogens is 200 g/mol. The highest BCUT2D eigenvalue weighted by atomic mass is 16.5. The van der Waals surface area contributed by atoms with Crippen molar-refractivity contribution in [3.8, 4) is 0 Å². The molecule has 0 fully saturated rings. The van der Waals surface area contributed by atoms with E-state index in [1.807, 2.05) is 0 Å². The van der Waals surface area contributed by atoms with E-state index in [1.165, 1.54) is 20.0 Å². The van der Waals surface area contributed by atoms with Gasteiger partial charge in [0.25, 0.3) is 5.91 Å². The van der Waals surface area contributed by atoms with Gasteiger partial charge in [-0.1, -0.05) is 5.16 Å². The monoisotopic (exact) mass is 212 g/mol. The zero-order valence-electron chi connectivity index (χ0n) is 8.72. The van der Waals surface area contributed by atoms with E-state index in [0.717, 1.165) is 4.90 Å². The van der Waals surface area contributed by atoms with Gasteiger partial charge >= 0.3 is 5.97 Å². The summed E-state index contributed by atoms with van der Waals surface area (Å²) < 4.78 is 4.73. The summed E-state index contributed by atoms with van der Waals surface area (Å²) in [6.45, 7) is 3.08. The number of hydrogen-bond acceptors (Lipinski definition) is 4. The van der Waals surface area contributed by atoms with Gasteiger partial charge in [0.05, 0.1) is 0 Å². The molecule has 0 aliphatic rings. The zero-order valence-corrected chi connectivity index (χ0v) is 8.72. The molecule has 0 saturated heterocycles. The quantitative estimate of drug-likeness (QED) is 0.790. The van der Waals surface area contributed by atoms with Crippen molar-refractivity contribution in [3.05, 3.63) is 17.5 Å². The van der Waals surface area contributed by atoms with Gasteiger partial charge in [0.15, 0.2) is 5.69 Å². The van der Waals surface area contributed by atoms with E-state index in [2.05, 4.69) is 5.16 Å². The first-order valence-electron chi connectivity index (χ1n) is 4.36. The number of carbonyl (C=O) groups is 2. The second-order valence-electron chi connectivity index (χ2n) is 3.25. The van der Waals surface area contributed by atoms with Gasteiger partial charge in [0, 0.05) is 13.1 Å². The lowest BCUT2D eigenvalue weighted by atomic mass is 10.2. The van der Waals surface area contributed by atoms with Crippen LogP contribution in [0.1, 0.15) is 23.2 Å². The summed E-state index contributed by atoms with van der Waals surface area (Å²) in [5.41, 5.74) is 0.114. The summed E-state index contributed by atoms with van der Waals surface area (Å²) in [7, 11) is 1.41. The van der Waals surface area contributed by atoms with E-state index in [4.69, 9.17) is 9.63 Å². The van der Waals surface area contributed by atoms with E-state index in [1.54, 1.807) is 6.92 Å². The van der Waals surface area contributed by atoms with Gasteiger partial charge in [0.2, 0.25) is 0 Å². The first-order chi connectivity index (χ1) is 6.93. The van der Waals surface area contributed by atoms with Crippen LogP contribution in [0.15, 0.2) is 10.6 Å². The van der Waals surface area contributed by atoms with Crippen molar-refractivity contribution in [1.82, 2.24) is 10.1 Å². The highest BCUT2D eigenvalue weighted by Gasteiger charge is 2.24. The fourth-order valence-corrected chi connectivity index (χ4v) is 0.989. The second kappa shape index (κ2) is 4.12. The molecule has 1 aromatic rings. The molecule has 1 aromatic heterocycles. The predicted octanol–water partition coefficient (Wildman–Crippen LogP) is 0.528. The molecule has 82 valence electrons. The summed E-state index contributed by atoms with van der Waals surface area (Å²) in [4.78, 5) is 23.4. The number of aryl methyl sites for hydroxylation is 1. The van der Waals surface area contributed by atoms with Crippen LogP contribution in [0.4, 0.5) is 0 Å². The number of carbonyl (C=O) groups excluding carboxylic acids is 1. The van der Waals surface area contributed by atoms with E-state index in [9.17, 15) is 9.59 Å². The lowest BCUT2D eigenvalue weighted by Gasteiger charge is -2.19. The number of carboxylic acids is 1. The van der Waals surface area contributed by atoms with E-state index < -0.39 is 17.9 Å². The van der Waals surface area contributed by atoms with E-state index in [0.29, 0.717) is 5.76 Å². The largest absolute Gasteiger partial charge is 0.480 e. The maximum atomic E-state index is 11.6. The fraction of sp³-hybridized carbons (Fsp3) is 0.444. The molecule has 0 bridgehead atoms. The summed E-state index contributed by atoms with van der Waals surface area (Å²) >= 11 is 0. The maximum absolute atomic E-state index is 11.6. The van der Waals surface area contributed by atoms with Crippen LogP contribution in [0.5, 0.6) is 0 Å². The minimum absolute atomic E-state index is 0.114. The SMILES string of the molecule is Cc1cc(C(=O)N(C)C(C)C(=O)O)no1. The third-order valence-corrected chi connectivity index (χ3v) is 2.11. The molecule has 0 aliphatic heterocycles. The number of likely N-dealkylation sites (N-methyl/N-ethyl adjacent to an activating group) is 1. The molecule has 1 atom stereocenters. The molecule has 15 heavy (non-hydrogen) atoms. The molecule has 0 saturated carbocycles. The molecule has 0 radical (unpaired) electrons. The first-order valence-corrected chi connectivity index (χ1v) is 4.36. The van der Waals surface area contributed by atoms with Crippen molar-refractivity contribution in [1.29, 1.82) is 0 Å². The van der Waals surface area contributed by atoms with Crippen molar-refractivity contribution in [2.45, 2.75) is 19.9 Å². The van der Waals surface area contributed by atoms with Gasteiger partial charge in [0.1, 0.15) is 11.8 Å². The minimum atomic E-state index is -1.06. The minimum Gasteiger partial charge on any atom is -0.480 e. The second-order valence-corrected chi connectivity index (χ2v) is 3.25. The molecule has 1 rings (SSSR count). The van der Waals surface area contributed by atoms with Crippen LogP contribution < -0.4 is 0 Å². The summed E-state index contributed by atoms with van der Waals surface area (Å²) in [5.74, 6) is -1.03. The molecule has 1 heterocycles. The number of amides is 1. The number of rotatable bonds is 3. The van der Waals surface area contributed by atoms with Gasteiger partial charge in [-0.25, -0.2) is 4.79 Å². The smallest absolute Gasteiger partial charge is 0.326 e. The van der Waals surface area contributed by atoms with Gasteiger partial charge < -0.3 is 14.5 Å². The number of hydrogen-bond donors (Lipinski definition) is 1. The van der Waals surface area contributed by atoms with Crippen LogP contribution in [0.2, 0.25) is 0 Å². The van der Waals surface area contributed by atoms with Crippen molar-refractivity contribution >= 4 is 11.9 Å². The van der Waals surface area contributed by atoms with Crippen LogP contribution in [0.3, 0.4) is 0 Å². The lowest BCUT2D eigenvalue weighted by molar-refractivity contribution is -0.141. The molecule has 6 heteroatoms. The van der Waals surface area contributed by atoms with Crippen LogP contribution in [0.25, 0.3) is 0 Å². The predicted molar refractivity (Wildman–Crippen MR) is 50.4 cm³/mol. The maximum Gasteiger partial charge on any atom is 0.326 e. The highest BCUT2D eigenvalue weighted by Crippen LogP contribution is 2.07. The number of carboxylic acid groups (broad SMARTS) is 1. The molecule has 6 nitrogen and oxygen atoms in total. The molecule has 1 amide bonds. The van der Waals surface area contributed by atoms with Crippen molar-refractivity contribution < 1.29 is 19.2 Å². The van der Waals surface area contributed by atoms with Crippen LogP contribution in [-0.4, -0.2) is 40.1 Å². The summed E-state index contributed by atoms with van der Waals surface area (Å²) in [6.07, 6.45) is 0. The summed E-state index contributed by atoms with van der Waals surface area (Å²) in [5, 5.41) is 12.2. The summed E-state index contributed by atoms with van der Waals surface area (Å²) in [6, 6.07) is 0.572. The Bertz CT molecular complexity index is 385. The van der Waals surface area contributed by atoms with Crippen LogP contribution in [0, 0.1) is 6.92 Å². The molecule has 0 aliphatic carbocycles. The Hall–Kier alpha value is -1.85. The average molecular weight is 212 g/mol. The van der Waals surface area contributed by atoms with Crippen molar-refractivity contribution in [3.63, 3.8) is 0 Å². The Morgan fingerprint density at radius 3 is 2.60 bits per heavy atom. The Labute approximate surface area is 86.5 Å². The number of aromatic nitrogens is 1. The van der Waals surface area contributed by atoms with Crippen LogP contribution >= 0.6 is 0 Å². The van der Waals surface area contributed by atoms with Crippen molar-refractivity contribution in [2.75, 3.05) is 7.05 Å². The Balaban J connectivity index is 2.81.